The minimum Gasteiger partial charge on any atom is -0.618 e. The molecule has 3 aromatic rings. The van der Waals surface area contributed by atoms with Gasteiger partial charge in [0.25, 0.3) is 11.3 Å². The highest BCUT2D eigenvalue weighted by molar-refractivity contribution is 5.81. The predicted octanol–water partition coefficient (Wildman–Crippen LogP) is 2.35. The Kier molecular flexibility index (Phi) is 3.93. The second-order valence-electron chi connectivity index (χ2n) is 6.91. The Hall–Kier alpha value is -3.01. The Morgan fingerprint density at radius 1 is 1.29 bits per heavy atom. The zero-order valence-corrected chi connectivity index (χ0v) is 14.3. The second-order valence-corrected chi connectivity index (χ2v) is 6.91. The van der Waals surface area contributed by atoms with Gasteiger partial charge in [0.05, 0.1) is 11.7 Å². The summed E-state index contributed by atoms with van der Waals surface area (Å²) in [6.07, 6.45) is -1.09. The third-order valence-electron chi connectivity index (χ3n) is 4.80. The summed E-state index contributed by atoms with van der Waals surface area (Å²) < 4.78 is 53.7. The van der Waals surface area contributed by atoms with Crippen molar-refractivity contribution >= 4 is 10.9 Å². The van der Waals surface area contributed by atoms with Gasteiger partial charge in [-0.15, -0.1) is 0 Å². The Morgan fingerprint density at radius 3 is 2.61 bits per heavy atom. The third kappa shape index (κ3) is 3.19. The van der Waals surface area contributed by atoms with Gasteiger partial charge in [0.2, 0.25) is 0 Å². The van der Waals surface area contributed by atoms with Gasteiger partial charge in [0.15, 0.2) is 12.0 Å². The maximum absolute atomic E-state index is 14.6. The van der Waals surface area contributed by atoms with Crippen molar-refractivity contribution in [3.8, 4) is 11.4 Å². The van der Waals surface area contributed by atoms with Gasteiger partial charge in [-0.05, 0) is 31.0 Å². The van der Waals surface area contributed by atoms with Crippen LogP contribution in [0.25, 0.3) is 22.3 Å². The van der Waals surface area contributed by atoms with Gasteiger partial charge in [0, 0.05) is 22.6 Å². The number of nitrogens with two attached hydrogens (primary N) is 1. The molecule has 2 N–H and O–H groups in total. The molecule has 1 fully saturated rings. The van der Waals surface area contributed by atoms with Crippen LogP contribution < -0.4 is 16.0 Å². The van der Waals surface area contributed by atoms with Crippen LogP contribution in [0.5, 0.6) is 0 Å². The standard InChI is InChI=1S/C18H14F4N4O2/c19-12-6-11(17(23)3-4-17)8-26(28)16(12)13-5-10-1-2-15(27)25(9-18(20,21)22)14(10)7-24-13/h1-2,5-8H,3-4,9,23H2. The summed E-state index contributed by atoms with van der Waals surface area (Å²) >= 11 is 0. The molecule has 28 heavy (non-hydrogen) atoms. The molecule has 0 atom stereocenters. The molecule has 1 saturated carbocycles. The molecule has 0 aromatic carbocycles. The van der Waals surface area contributed by atoms with Gasteiger partial charge in [-0.25, -0.2) is 4.98 Å². The summed E-state index contributed by atoms with van der Waals surface area (Å²) in [4.78, 5) is 15.7. The molecule has 0 saturated heterocycles. The maximum atomic E-state index is 14.6. The lowest BCUT2D eigenvalue weighted by Crippen LogP contribution is -2.34. The van der Waals surface area contributed by atoms with Crippen LogP contribution in [0, 0.1) is 11.0 Å². The Bertz CT molecular complexity index is 1130. The molecular weight excluding hydrogens is 380 g/mol. The number of aromatic nitrogens is 3. The largest absolute Gasteiger partial charge is 0.618 e. The fourth-order valence-corrected chi connectivity index (χ4v) is 3.13. The highest BCUT2D eigenvalue weighted by Crippen LogP contribution is 2.42. The zero-order valence-electron chi connectivity index (χ0n) is 14.3. The SMILES string of the molecule is NC1(c2cc(F)c(-c3cc4ccc(=O)n(CC(F)(F)F)c4cn3)[n+]([O-])c2)CC1. The first-order chi connectivity index (χ1) is 13.1. The van der Waals surface area contributed by atoms with E-state index in [0.29, 0.717) is 27.7 Å². The average molecular weight is 394 g/mol. The summed E-state index contributed by atoms with van der Waals surface area (Å²) in [5.74, 6) is -0.834. The van der Waals surface area contributed by atoms with E-state index in [1.54, 1.807) is 0 Å². The van der Waals surface area contributed by atoms with Crippen molar-refractivity contribution in [1.29, 1.82) is 0 Å². The quantitative estimate of drug-likeness (QED) is 0.420. The van der Waals surface area contributed by atoms with Crippen molar-refractivity contribution in [2.75, 3.05) is 0 Å². The molecular formula is C18H14F4N4O2. The second kappa shape index (κ2) is 5.99. The van der Waals surface area contributed by atoms with Crippen molar-refractivity contribution in [3.05, 3.63) is 63.6 Å². The predicted molar refractivity (Wildman–Crippen MR) is 91.5 cm³/mol. The molecule has 6 nitrogen and oxygen atoms in total. The Balaban J connectivity index is 1.83. The lowest BCUT2D eigenvalue weighted by molar-refractivity contribution is -0.596. The zero-order chi connectivity index (χ0) is 20.3. The summed E-state index contributed by atoms with van der Waals surface area (Å²) in [5, 5.41) is 12.6. The van der Waals surface area contributed by atoms with Crippen LogP contribution in [0.4, 0.5) is 17.6 Å². The van der Waals surface area contributed by atoms with E-state index in [4.69, 9.17) is 5.73 Å². The Morgan fingerprint density at radius 2 is 2.00 bits per heavy atom. The smallest absolute Gasteiger partial charge is 0.406 e. The molecule has 3 heterocycles. The average Bonchev–Trinajstić information content (AvgIpc) is 3.35. The van der Waals surface area contributed by atoms with Crippen molar-refractivity contribution in [1.82, 2.24) is 9.55 Å². The number of rotatable bonds is 3. The maximum Gasteiger partial charge on any atom is 0.406 e. The number of fused-ring (bicyclic) bond motifs is 1. The topological polar surface area (TPSA) is 87.9 Å². The number of hydrogen-bond donors (Lipinski definition) is 1. The third-order valence-corrected chi connectivity index (χ3v) is 4.80. The molecule has 146 valence electrons. The summed E-state index contributed by atoms with van der Waals surface area (Å²) in [7, 11) is 0. The van der Waals surface area contributed by atoms with Crippen LogP contribution in [-0.4, -0.2) is 15.7 Å². The minimum atomic E-state index is -4.60. The van der Waals surface area contributed by atoms with Crippen molar-refractivity contribution < 1.29 is 22.3 Å². The van der Waals surface area contributed by atoms with Crippen molar-refractivity contribution in [3.63, 3.8) is 0 Å². The van der Waals surface area contributed by atoms with E-state index in [9.17, 15) is 27.6 Å². The van der Waals surface area contributed by atoms with Crippen molar-refractivity contribution in [2.24, 2.45) is 5.73 Å². The van der Waals surface area contributed by atoms with Crippen LogP contribution in [-0.2, 0) is 12.1 Å². The summed E-state index contributed by atoms with van der Waals surface area (Å²) in [6.45, 7) is -1.48. The van der Waals surface area contributed by atoms with Crippen LogP contribution >= 0.6 is 0 Å². The first-order valence-electron chi connectivity index (χ1n) is 8.36. The lowest BCUT2D eigenvalue weighted by atomic mass is 10.1. The minimum absolute atomic E-state index is 0.0642. The number of pyridine rings is 3. The number of nitrogens with zero attached hydrogens (tertiary/aromatic N) is 3. The molecule has 0 spiro atoms. The van der Waals surface area contributed by atoms with E-state index in [1.807, 2.05) is 0 Å². The molecule has 0 unspecified atom stereocenters. The van der Waals surface area contributed by atoms with Crippen molar-refractivity contribution in [2.45, 2.75) is 31.1 Å². The van der Waals surface area contributed by atoms with Crippen LogP contribution in [0.2, 0.25) is 0 Å². The number of alkyl halides is 3. The molecule has 0 bridgehead atoms. The van der Waals surface area contributed by atoms with E-state index in [2.05, 4.69) is 4.98 Å². The van der Waals surface area contributed by atoms with Gasteiger partial charge in [0.1, 0.15) is 12.2 Å². The summed E-state index contributed by atoms with van der Waals surface area (Å²) in [6, 6.07) is 4.72. The van der Waals surface area contributed by atoms with E-state index in [1.165, 1.54) is 24.4 Å². The molecule has 3 aromatic heterocycles. The van der Waals surface area contributed by atoms with E-state index < -0.39 is 29.6 Å². The molecule has 1 aliphatic rings. The fraction of sp³-hybridized carbons (Fsp3) is 0.278. The first kappa shape index (κ1) is 18.4. The van der Waals surface area contributed by atoms with E-state index >= 15 is 0 Å². The van der Waals surface area contributed by atoms with Crippen LogP contribution in [0.1, 0.15) is 18.4 Å². The molecule has 4 rings (SSSR count). The first-order valence-corrected chi connectivity index (χ1v) is 8.36. The molecule has 0 radical (unpaired) electrons. The lowest BCUT2D eigenvalue weighted by Gasteiger charge is -2.14. The molecule has 0 amide bonds. The highest BCUT2D eigenvalue weighted by atomic mass is 19.4. The molecule has 1 aliphatic carbocycles. The Labute approximate surface area is 155 Å². The normalized spacial score (nSPS) is 15.8. The van der Waals surface area contributed by atoms with E-state index in [0.717, 1.165) is 12.3 Å². The molecule has 10 heteroatoms. The van der Waals surface area contributed by atoms with Gasteiger partial charge >= 0.3 is 6.18 Å². The number of halogens is 4. The summed E-state index contributed by atoms with van der Waals surface area (Å²) in [5.41, 5.74) is 4.33. The monoisotopic (exact) mass is 394 g/mol. The molecule has 0 aliphatic heterocycles. The number of hydrogen-bond acceptors (Lipinski definition) is 4. The fourth-order valence-electron chi connectivity index (χ4n) is 3.13. The van der Waals surface area contributed by atoms with Crippen LogP contribution in [0.3, 0.4) is 0 Å². The van der Waals surface area contributed by atoms with E-state index in [-0.39, 0.29) is 22.3 Å². The van der Waals surface area contributed by atoms with Gasteiger partial charge in [-0.3, -0.25) is 9.36 Å². The van der Waals surface area contributed by atoms with Gasteiger partial charge in [-0.1, -0.05) is 0 Å². The van der Waals surface area contributed by atoms with Gasteiger partial charge in [-0.2, -0.15) is 22.3 Å². The van der Waals surface area contributed by atoms with Crippen LogP contribution in [0.15, 0.2) is 41.5 Å². The highest BCUT2D eigenvalue weighted by Gasteiger charge is 2.42. The van der Waals surface area contributed by atoms with Gasteiger partial charge < -0.3 is 10.9 Å².